The highest BCUT2D eigenvalue weighted by molar-refractivity contribution is 7.16. The smallest absolute Gasteiger partial charge is 0.251 e. The van der Waals surface area contributed by atoms with E-state index in [0.717, 1.165) is 31.2 Å². The molecule has 4 rings (SSSR count). The normalized spacial score (nSPS) is 13.1. The SMILES string of the molecule is N#Cc1c(NC(=O)COCc2cc(-c3ccco3)on2)sc2c1CCCC2. The van der Waals surface area contributed by atoms with Crippen LogP contribution in [0.25, 0.3) is 11.5 Å². The van der Waals surface area contributed by atoms with E-state index in [0.29, 0.717) is 27.8 Å². The Labute approximate surface area is 159 Å². The van der Waals surface area contributed by atoms with Crippen molar-refractivity contribution in [3.63, 3.8) is 0 Å². The summed E-state index contributed by atoms with van der Waals surface area (Å²) >= 11 is 1.50. The number of carbonyl (C=O) groups is 1. The van der Waals surface area contributed by atoms with Crippen molar-refractivity contribution in [3.05, 3.63) is 46.2 Å². The molecule has 1 aliphatic rings. The topological polar surface area (TPSA) is 101 Å². The quantitative estimate of drug-likeness (QED) is 0.693. The van der Waals surface area contributed by atoms with Crippen LogP contribution < -0.4 is 5.32 Å². The number of thiophene rings is 1. The van der Waals surface area contributed by atoms with Crippen molar-refractivity contribution in [3.8, 4) is 17.6 Å². The van der Waals surface area contributed by atoms with Gasteiger partial charge in [-0.05, 0) is 43.4 Å². The summed E-state index contributed by atoms with van der Waals surface area (Å²) in [5, 5.41) is 16.8. The van der Waals surface area contributed by atoms with Crippen LogP contribution in [0.5, 0.6) is 0 Å². The van der Waals surface area contributed by atoms with Crippen molar-refractivity contribution < 1.29 is 18.5 Å². The predicted octanol–water partition coefficient (Wildman–Crippen LogP) is 3.90. The summed E-state index contributed by atoms with van der Waals surface area (Å²) in [7, 11) is 0. The Kier molecular flexibility index (Phi) is 5.05. The molecule has 0 saturated heterocycles. The third-order valence-electron chi connectivity index (χ3n) is 4.34. The summed E-state index contributed by atoms with van der Waals surface area (Å²) < 4.78 is 15.8. The molecule has 0 spiro atoms. The summed E-state index contributed by atoms with van der Waals surface area (Å²) in [5.41, 5.74) is 2.26. The molecule has 8 heteroatoms. The first-order chi connectivity index (χ1) is 13.2. The number of hydrogen-bond donors (Lipinski definition) is 1. The maximum Gasteiger partial charge on any atom is 0.251 e. The number of amides is 1. The molecule has 0 radical (unpaired) electrons. The molecule has 1 amide bonds. The fraction of sp³-hybridized carbons (Fsp3) is 0.316. The Balaban J connectivity index is 1.32. The Morgan fingerprint density at radius 3 is 3.07 bits per heavy atom. The minimum atomic E-state index is -0.292. The summed E-state index contributed by atoms with van der Waals surface area (Å²) in [4.78, 5) is 13.4. The number of ether oxygens (including phenoxy) is 1. The van der Waals surface area contributed by atoms with Crippen LogP contribution in [-0.2, 0) is 29.0 Å². The van der Waals surface area contributed by atoms with Crippen LogP contribution in [0.3, 0.4) is 0 Å². The van der Waals surface area contributed by atoms with Gasteiger partial charge in [-0.1, -0.05) is 5.16 Å². The number of aromatic nitrogens is 1. The van der Waals surface area contributed by atoms with Crippen LogP contribution >= 0.6 is 11.3 Å². The van der Waals surface area contributed by atoms with Crippen LogP contribution in [0.2, 0.25) is 0 Å². The summed E-state index contributed by atoms with van der Waals surface area (Å²) in [6.45, 7) is 0.0139. The number of aryl methyl sites for hydroxylation is 1. The lowest BCUT2D eigenvalue weighted by molar-refractivity contribution is -0.121. The average molecular weight is 383 g/mol. The van der Waals surface area contributed by atoms with Gasteiger partial charge < -0.3 is 19.0 Å². The lowest BCUT2D eigenvalue weighted by Crippen LogP contribution is -2.18. The lowest BCUT2D eigenvalue weighted by Gasteiger charge is -2.09. The maximum absolute atomic E-state index is 12.2. The van der Waals surface area contributed by atoms with Gasteiger partial charge >= 0.3 is 0 Å². The molecule has 0 bridgehead atoms. The van der Waals surface area contributed by atoms with E-state index in [1.165, 1.54) is 16.2 Å². The van der Waals surface area contributed by atoms with Crippen molar-refractivity contribution in [2.75, 3.05) is 11.9 Å². The minimum absolute atomic E-state index is 0.129. The molecule has 7 nitrogen and oxygen atoms in total. The van der Waals surface area contributed by atoms with Gasteiger partial charge in [-0.25, -0.2) is 0 Å². The Morgan fingerprint density at radius 1 is 1.37 bits per heavy atom. The maximum atomic E-state index is 12.2. The fourth-order valence-electron chi connectivity index (χ4n) is 3.10. The summed E-state index contributed by atoms with van der Waals surface area (Å²) in [5.74, 6) is 0.794. The molecule has 1 N–H and O–H groups in total. The first kappa shape index (κ1) is 17.5. The number of nitriles is 1. The van der Waals surface area contributed by atoms with Crippen LogP contribution in [0.4, 0.5) is 5.00 Å². The van der Waals surface area contributed by atoms with Crippen molar-refractivity contribution in [2.45, 2.75) is 32.3 Å². The molecule has 0 saturated carbocycles. The number of nitrogens with one attached hydrogen (secondary N) is 1. The summed E-state index contributed by atoms with van der Waals surface area (Å²) in [6.07, 6.45) is 5.66. The van der Waals surface area contributed by atoms with Gasteiger partial charge in [0.05, 0.1) is 18.4 Å². The molecule has 3 heterocycles. The Hall–Kier alpha value is -2.89. The van der Waals surface area contributed by atoms with Gasteiger partial charge in [-0.2, -0.15) is 5.26 Å². The third-order valence-corrected chi connectivity index (χ3v) is 5.55. The van der Waals surface area contributed by atoms with Crippen LogP contribution in [0, 0.1) is 11.3 Å². The second kappa shape index (κ2) is 7.78. The zero-order chi connectivity index (χ0) is 18.6. The van der Waals surface area contributed by atoms with Crippen molar-refractivity contribution >= 4 is 22.2 Å². The van der Waals surface area contributed by atoms with Crippen molar-refractivity contribution in [2.24, 2.45) is 0 Å². The van der Waals surface area contributed by atoms with Gasteiger partial charge in [0.25, 0.3) is 5.91 Å². The monoisotopic (exact) mass is 383 g/mol. The number of fused-ring (bicyclic) bond motifs is 1. The molecule has 3 aromatic rings. The van der Waals surface area contributed by atoms with E-state index in [4.69, 9.17) is 13.7 Å². The molecule has 0 aromatic carbocycles. The van der Waals surface area contributed by atoms with Gasteiger partial charge in [0.2, 0.25) is 5.76 Å². The molecule has 0 atom stereocenters. The number of furan rings is 1. The predicted molar refractivity (Wildman–Crippen MR) is 98.2 cm³/mol. The van der Waals surface area contributed by atoms with Gasteiger partial charge in [0.1, 0.15) is 23.4 Å². The fourth-order valence-corrected chi connectivity index (χ4v) is 4.35. The van der Waals surface area contributed by atoms with E-state index in [1.807, 2.05) is 0 Å². The Bertz CT molecular complexity index is 981. The second-order valence-electron chi connectivity index (χ2n) is 6.23. The first-order valence-corrected chi connectivity index (χ1v) is 9.48. The van der Waals surface area contributed by atoms with E-state index in [1.54, 1.807) is 24.5 Å². The molecule has 138 valence electrons. The van der Waals surface area contributed by atoms with Crippen molar-refractivity contribution in [1.29, 1.82) is 5.26 Å². The molecular formula is C19H17N3O4S. The van der Waals surface area contributed by atoms with Gasteiger partial charge in [-0.15, -0.1) is 11.3 Å². The molecule has 3 aromatic heterocycles. The molecule has 1 aliphatic carbocycles. The largest absolute Gasteiger partial charge is 0.461 e. The first-order valence-electron chi connectivity index (χ1n) is 8.66. The Morgan fingerprint density at radius 2 is 2.26 bits per heavy atom. The zero-order valence-electron chi connectivity index (χ0n) is 14.5. The van der Waals surface area contributed by atoms with Crippen LogP contribution in [0.1, 0.15) is 34.5 Å². The van der Waals surface area contributed by atoms with E-state index < -0.39 is 0 Å². The van der Waals surface area contributed by atoms with E-state index in [9.17, 15) is 10.1 Å². The van der Waals surface area contributed by atoms with Crippen LogP contribution in [-0.4, -0.2) is 17.7 Å². The van der Waals surface area contributed by atoms with Gasteiger partial charge in [0.15, 0.2) is 5.76 Å². The van der Waals surface area contributed by atoms with Gasteiger partial charge in [-0.3, -0.25) is 4.79 Å². The average Bonchev–Trinajstić information content (AvgIpc) is 3.40. The third kappa shape index (κ3) is 3.79. The number of nitrogens with zero attached hydrogens (tertiary/aromatic N) is 2. The van der Waals surface area contributed by atoms with Crippen LogP contribution in [0.15, 0.2) is 33.4 Å². The number of hydrogen-bond acceptors (Lipinski definition) is 7. The molecule has 0 aliphatic heterocycles. The zero-order valence-corrected chi connectivity index (χ0v) is 15.3. The van der Waals surface area contributed by atoms with Crippen molar-refractivity contribution in [1.82, 2.24) is 5.16 Å². The second-order valence-corrected chi connectivity index (χ2v) is 7.33. The number of carbonyl (C=O) groups excluding carboxylic acids is 1. The van der Waals surface area contributed by atoms with E-state index in [-0.39, 0.29) is 19.1 Å². The van der Waals surface area contributed by atoms with Gasteiger partial charge in [0, 0.05) is 10.9 Å². The number of anilines is 1. The standard InChI is InChI=1S/C19H17N3O4S/c20-9-14-13-4-1-2-6-17(13)27-19(14)21-18(23)11-24-10-12-8-16(26-22-12)15-5-3-7-25-15/h3,5,7-8H,1-2,4,6,10-11H2,(H,21,23). The molecule has 27 heavy (non-hydrogen) atoms. The number of rotatable bonds is 6. The van der Waals surface area contributed by atoms with E-state index in [2.05, 4.69) is 16.5 Å². The summed E-state index contributed by atoms with van der Waals surface area (Å²) in [6, 6.07) is 7.47. The molecule has 0 unspecified atom stereocenters. The lowest BCUT2D eigenvalue weighted by atomic mass is 9.96. The molecule has 0 fully saturated rings. The highest BCUT2D eigenvalue weighted by Crippen LogP contribution is 2.37. The van der Waals surface area contributed by atoms with E-state index >= 15 is 0 Å². The highest BCUT2D eigenvalue weighted by Gasteiger charge is 2.21. The highest BCUT2D eigenvalue weighted by atomic mass is 32.1. The minimum Gasteiger partial charge on any atom is -0.461 e. The molecular weight excluding hydrogens is 366 g/mol.